The first kappa shape index (κ1) is 20.7. The maximum absolute atomic E-state index is 11.3. The van der Waals surface area contributed by atoms with Crippen LogP contribution in [-0.4, -0.2) is 28.3 Å². The summed E-state index contributed by atoms with van der Waals surface area (Å²) in [6.07, 6.45) is 10.2. The Kier molecular flexibility index (Phi) is 5.36. The summed E-state index contributed by atoms with van der Waals surface area (Å²) in [4.78, 5) is 11.1. The molecule has 10 atom stereocenters. The molecule has 4 aliphatic carbocycles. The largest absolute Gasteiger partial charge is 0.481 e. The summed E-state index contributed by atoms with van der Waals surface area (Å²) in [5.41, 5.74) is 6.93. The Hall–Kier alpha value is -0.610. The molecule has 4 rings (SSSR count). The highest BCUT2D eigenvalue weighted by Crippen LogP contribution is 2.68. The van der Waals surface area contributed by atoms with Crippen LogP contribution in [0.4, 0.5) is 0 Å². The normalized spacial score (nSPS) is 51.7. The van der Waals surface area contributed by atoms with E-state index in [9.17, 15) is 9.90 Å². The summed E-state index contributed by atoms with van der Waals surface area (Å²) >= 11 is 0. The van der Waals surface area contributed by atoms with E-state index in [0.29, 0.717) is 47.0 Å². The number of carboxylic acid groups (broad SMARTS) is 1. The molecule has 4 N–H and O–H groups in total. The summed E-state index contributed by atoms with van der Waals surface area (Å²) in [7, 11) is 0. The van der Waals surface area contributed by atoms with Gasteiger partial charge in [-0.3, -0.25) is 4.79 Å². The van der Waals surface area contributed by atoms with Gasteiger partial charge >= 0.3 is 5.97 Å². The van der Waals surface area contributed by atoms with Gasteiger partial charge in [-0.1, -0.05) is 20.8 Å². The first-order valence-electron chi connectivity index (χ1n) is 11.8. The van der Waals surface area contributed by atoms with Gasteiger partial charge in [-0.25, -0.2) is 0 Å². The number of hydrogen-bond donors (Lipinski definition) is 3. The van der Waals surface area contributed by atoms with Gasteiger partial charge in [0.05, 0.1) is 6.10 Å². The zero-order valence-electron chi connectivity index (χ0n) is 18.1. The fraction of sp³-hybridized carbons (Fsp3) is 0.958. The van der Waals surface area contributed by atoms with Gasteiger partial charge in [0.25, 0.3) is 0 Å². The van der Waals surface area contributed by atoms with Gasteiger partial charge in [0.2, 0.25) is 0 Å². The predicted octanol–water partition coefficient (Wildman–Crippen LogP) is 4.44. The van der Waals surface area contributed by atoms with Crippen LogP contribution in [0.25, 0.3) is 0 Å². The van der Waals surface area contributed by atoms with Crippen LogP contribution in [0.15, 0.2) is 0 Å². The van der Waals surface area contributed by atoms with Crippen LogP contribution in [0.2, 0.25) is 0 Å². The molecule has 0 bridgehead atoms. The number of carbonyl (C=O) groups is 1. The molecule has 0 aromatic rings. The van der Waals surface area contributed by atoms with Gasteiger partial charge in [0.15, 0.2) is 0 Å². The van der Waals surface area contributed by atoms with Crippen LogP contribution in [0.3, 0.4) is 0 Å². The third kappa shape index (κ3) is 3.14. The topological polar surface area (TPSA) is 83.5 Å². The average molecular weight is 392 g/mol. The van der Waals surface area contributed by atoms with Gasteiger partial charge in [-0.05, 0) is 104 Å². The van der Waals surface area contributed by atoms with E-state index >= 15 is 0 Å². The van der Waals surface area contributed by atoms with Crippen molar-refractivity contribution in [2.24, 2.45) is 52.1 Å². The summed E-state index contributed by atoms with van der Waals surface area (Å²) in [6, 6.07) is 0.321. The van der Waals surface area contributed by atoms with Crippen molar-refractivity contribution in [3.63, 3.8) is 0 Å². The van der Waals surface area contributed by atoms with Crippen molar-refractivity contribution in [1.82, 2.24) is 0 Å². The molecule has 0 amide bonds. The lowest BCUT2D eigenvalue weighted by molar-refractivity contribution is -0.166. The molecular formula is C24H41NO3. The van der Waals surface area contributed by atoms with Crippen molar-refractivity contribution in [2.75, 3.05) is 0 Å². The molecule has 4 aliphatic rings. The van der Waals surface area contributed by atoms with Crippen molar-refractivity contribution < 1.29 is 15.0 Å². The molecule has 0 spiro atoms. The summed E-state index contributed by atoms with van der Waals surface area (Å²) in [5, 5.41) is 20.4. The van der Waals surface area contributed by atoms with Crippen molar-refractivity contribution in [3.05, 3.63) is 0 Å². The zero-order chi connectivity index (χ0) is 20.3. The van der Waals surface area contributed by atoms with Gasteiger partial charge < -0.3 is 15.9 Å². The monoisotopic (exact) mass is 391 g/mol. The summed E-state index contributed by atoms with van der Waals surface area (Å²) in [5.74, 6) is 2.66. The fourth-order valence-corrected chi connectivity index (χ4v) is 8.78. The maximum Gasteiger partial charge on any atom is 0.303 e. The second-order valence-corrected chi connectivity index (χ2v) is 11.5. The molecule has 160 valence electrons. The summed E-state index contributed by atoms with van der Waals surface area (Å²) < 4.78 is 0. The van der Waals surface area contributed by atoms with E-state index in [4.69, 9.17) is 10.8 Å². The maximum atomic E-state index is 11.3. The molecule has 4 saturated carbocycles. The lowest BCUT2D eigenvalue weighted by atomic mass is 9.43. The lowest BCUT2D eigenvalue weighted by Gasteiger charge is -2.62. The van der Waals surface area contributed by atoms with E-state index in [1.54, 1.807) is 0 Å². The predicted molar refractivity (Wildman–Crippen MR) is 111 cm³/mol. The van der Waals surface area contributed by atoms with E-state index in [0.717, 1.165) is 25.7 Å². The Morgan fingerprint density at radius 1 is 1.07 bits per heavy atom. The van der Waals surface area contributed by atoms with Gasteiger partial charge in [0, 0.05) is 12.5 Å². The van der Waals surface area contributed by atoms with Gasteiger partial charge in [-0.2, -0.15) is 0 Å². The minimum absolute atomic E-state index is 0.175. The van der Waals surface area contributed by atoms with Gasteiger partial charge in [0.1, 0.15) is 0 Å². The molecule has 4 fully saturated rings. The molecule has 0 aliphatic heterocycles. The van der Waals surface area contributed by atoms with Crippen LogP contribution in [-0.2, 0) is 4.79 Å². The zero-order valence-corrected chi connectivity index (χ0v) is 18.1. The fourth-order valence-electron chi connectivity index (χ4n) is 8.78. The van der Waals surface area contributed by atoms with Crippen LogP contribution in [0, 0.1) is 46.3 Å². The smallest absolute Gasteiger partial charge is 0.303 e. The standard InChI is InChI=1S/C24H41NO3/c1-14(4-7-21(27)28)17-5-6-18-22-19(9-11-24(17,18)3)23(2)10-8-16(25)12-15(23)13-20(22)26/h14-20,22,26H,4-13,25H2,1-3H3,(H,27,28)/t14-,15+,16-,17-,18+,19+,20-,22+,23+,24-/m1/s1. The first-order chi connectivity index (χ1) is 13.2. The SMILES string of the molecule is C[C@H](CCC(=O)O)[C@H]1CC[C@H]2[C@@H]3[C@H](O)C[C@@H]4C[C@H](N)CC[C@]4(C)[C@H]3CC[C@]12C. The molecule has 0 radical (unpaired) electrons. The van der Waals surface area contributed by atoms with E-state index in [1.807, 2.05) is 0 Å². The van der Waals surface area contributed by atoms with Crippen molar-refractivity contribution in [2.45, 2.75) is 97.1 Å². The second kappa shape index (κ2) is 7.27. The third-order valence-corrected chi connectivity index (χ3v) is 10.3. The van der Waals surface area contributed by atoms with Crippen LogP contribution in [0.1, 0.15) is 85.0 Å². The van der Waals surface area contributed by atoms with Crippen LogP contribution >= 0.6 is 0 Å². The first-order valence-corrected chi connectivity index (χ1v) is 11.8. The second-order valence-electron chi connectivity index (χ2n) is 11.5. The Morgan fingerprint density at radius 3 is 2.46 bits per heavy atom. The number of fused-ring (bicyclic) bond motifs is 5. The molecule has 0 aromatic heterocycles. The minimum atomic E-state index is -0.674. The molecule has 4 nitrogen and oxygen atoms in total. The number of rotatable bonds is 4. The van der Waals surface area contributed by atoms with Crippen molar-refractivity contribution >= 4 is 5.97 Å². The van der Waals surface area contributed by atoms with E-state index < -0.39 is 5.97 Å². The molecule has 28 heavy (non-hydrogen) atoms. The Balaban J connectivity index is 1.55. The Labute approximate surface area is 170 Å². The highest BCUT2D eigenvalue weighted by molar-refractivity contribution is 5.66. The minimum Gasteiger partial charge on any atom is -0.481 e. The highest BCUT2D eigenvalue weighted by Gasteiger charge is 2.62. The van der Waals surface area contributed by atoms with Gasteiger partial charge in [-0.15, -0.1) is 0 Å². The number of aliphatic carboxylic acids is 1. The number of nitrogens with two attached hydrogens (primary N) is 1. The van der Waals surface area contributed by atoms with E-state index in [1.165, 1.54) is 32.1 Å². The molecule has 0 aromatic carbocycles. The number of aliphatic hydroxyl groups is 1. The van der Waals surface area contributed by atoms with Crippen molar-refractivity contribution in [3.8, 4) is 0 Å². The van der Waals surface area contributed by atoms with Crippen LogP contribution in [0.5, 0.6) is 0 Å². The molecule has 4 heteroatoms. The Morgan fingerprint density at radius 2 is 1.75 bits per heavy atom. The van der Waals surface area contributed by atoms with E-state index in [2.05, 4.69) is 20.8 Å². The highest BCUT2D eigenvalue weighted by atomic mass is 16.4. The van der Waals surface area contributed by atoms with Crippen molar-refractivity contribution in [1.29, 1.82) is 0 Å². The number of hydrogen-bond acceptors (Lipinski definition) is 3. The third-order valence-electron chi connectivity index (χ3n) is 10.3. The molecular weight excluding hydrogens is 350 g/mol. The Bertz CT molecular complexity index is 609. The molecule has 0 unspecified atom stereocenters. The molecule has 0 heterocycles. The van der Waals surface area contributed by atoms with E-state index in [-0.39, 0.29) is 17.9 Å². The number of carboxylic acids is 1. The average Bonchev–Trinajstić information content (AvgIpc) is 2.98. The van der Waals surface area contributed by atoms with Crippen LogP contribution < -0.4 is 5.73 Å². The quantitative estimate of drug-likeness (QED) is 0.661. The summed E-state index contributed by atoms with van der Waals surface area (Å²) in [6.45, 7) is 7.25. The number of aliphatic hydroxyl groups excluding tert-OH is 1. The lowest BCUT2D eigenvalue weighted by Crippen LogP contribution is -2.59. The molecule has 0 saturated heterocycles.